The Hall–Kier alpha value is -3.58. The number of amides is 2. The van der Waals surface area contributed by atoms with Gasteiger partial charge in [0.1, 0.15) is 0 Å². The normalized spacial score (nSPS) is 17.6. The summed E-state index contributed by atoms with van der Waals surface area (Å²) >= 11 is 0. The van der Waals surface area contributed by atoms with Gasteiger partial charge in [-0.15, -0.1) is 0 Å². The maximum atomic E-state index is 14.3. The molecule has 0 saturated heterocycles. The highest BCUT2D eigenvalue weighted by Gasteiger charge is 2.42. The van der Waals surface area contributed by atoms with E-state index in [1.54, 1.807) is 13.8 Å². The van der Waals surface area contributed by atoms with Crippen molar-refractivity contribution in [3.8, 4) is 0 Å². The predicted octanol–water partition coefficient (Wildman–Crippen LogP) is 8.29. The van der Waals surface area contributed by atoms with Crippen LogP contribution in [0.4, 0.5) is 50.4 Å². The third kappa shape index (κ3) is 7.02. The average molecular weight is 597 g/mol. The molecule has 0 bridgehead atoms. The van der Waals surface area contributed by atoms with Crippen molar-refractivity contribution < 1.29 is 54.2 Å². The third-order valence-electron chi connectivity index (χ3n) is 6.73. The molecule has 0 radical (unpaired) electrons. The lowest BCUT2D eigenvalue weighted by Gasteiger charge is -2.43. The van der Waals surface area contributed by atoms with Gasteiger partial charge in [-0.1, -0.05) is 13.0 Å². The first kappa shape index (κ1) is 31.9. The lowest BCUT2D eigenvalue weighted by Crippen LogP contribution is -2.48. The molecule has 0 aliphatic carbocycles. The number of carbonyl (C=O) groups is 2. The van der Waals surface area contributed by atoms with Crippen LogP contribution in [0.3, 0.4) is 0 Å². The minimum Gasteiger partial charge on any atom is -0.453 e. The average Bonchev–Trinajstić information content (AvgIpc) is 2.88. The third-order valence-corrected chi connectivity index (χ3v) is 6.73. The van der Waals surface area contributed by atoms with E-state index in [4.69, 9.17) is 9.47 Å². The molecule has 0 unspecified atom stereocenters. The Labute approximate surface area is 230 Å². The molecule has 1 heterocycles. The summed E-state index contributed by atoms with van der Waals surface area (Å²) in [6, 6.07) is 2.48. The Morgan fingerprint density at radius 1 is 0.927 bits per heavy atom. The highest BCUT2D eigenvalue weighted by atomic mass is 19.4. The zero-order valence-corrected chi connectivity index (χ0v) is 22.5. The van der Waals surface area contributed by atoms with E-state index in [9.17, 15) is 44.7 Å². The minimum atomic E-state index is -5.13. The summed E-state index contributed by atoms with van der Waals surface area (Å²) in [6.45, 7) is 3.12. The van der Waals surface area contributed by atoms with E-state index in [0.29, 0.717) is 19.1 Å². The molecule has 0 saturated carbocycles. The van der Waals surface area contributed by atoms with Gasteiger partial charge in [-0.05, 0) is 61.2 Å². The van der Waals surface area contributed by atoms with Crippen molar-refractivity contribution in [2.75, 3.05) is 18.6 Å². The first-order valence-corrected chi connectivity index (χ1v) is 12.5. The van der Waals surface area contributed by atoms with Crippen molar-refractivity contribution in [2.24, 2.45) is 0 Å². The second kappa shape index (κ2) is 11.7. The van der Waals surface area contributed by atoms with E-state index in [0.717, 1.165) is 24.1 Å². The fourth-order valence-electron chi connectivity index (χ4n) is 4.81. The minimum absolute atomic E-state index is 0.00101. The summed E-state index contributed by atoms with van der Waals surface area (Å²) in [5.41, 5.74) is -4.03. The lowest BCUT2D eigenvalue weighted by atomic mass is 9.87. The van der Waals surface area contributed by atoms with Crippen LogP contribution in [0.5, 0.6) is 0 Å². The van der Waals surface area contributed by atoms with Gasteiger partial charge in [-0.2, -0.15) is 26.3 Å². The van der Waals surface area contributed by atoms with Crippen molar-refractivity contribution in [2.45, 2.75) is 70.5 Å². The van der Waals surface area contributed by atoms with E-state index < -0.39 is 71.3 Å². The van der Waals surface area contributed by atoms with Crippen LogP contribution in [0.1, 0.15) is 67.5 Å². The Bertz CT molecular complexity index is 1240. The quantitative estimate of drug-likeness (QED) is 0.315. The summed E-state index contributed by atoms with van der Waals surface area (Å²) in [6.07, 6.45) is -12.0. The zero-order chi connectivity index (χ0) is 30.9. The SMILES string of the molecule is CCOC(=O)N1c2ccc(C(C)(F)F)cc2[C@@H](N(Cc2cc(C(F)(F)F)cc(C(F)(F)F)c2)C(=O)OC)C[C@H]1CC. The molecule has 0 N–H and O–H groups in total. The van der Waals surface area contributed by atoms with Crippen LogP contribution in [0.2, 0.25) is 0 Å². The summed E-state index contributed by atoms with van der Waals surface area (Å²) in [5, 5.41) is 0. The van der Waals surface area contributed by atoms with Gasteiger partial charge in [-0.3, -0.25) is 9.80 Å². The van der Waals surface area contributed by atoms with Crippen LogP contribution in [0, 0.1) is 0 Å². The van der Waals surface area contributed by atoms with Crippen LogP contribution >= 0.6 is 0 Å². The number of nitrogens with zero attached hydrogens (tertiary/aromatic N) is 2. The zero-order valence-electron chi connectivity index (χ0n) is 22.5. The maximum Gasteiger partial charge on any atom is 0.416 e. The fourth-order valence-corrected chi connectivity index (χ4v) is 4.81. The topological polar surface area (TPSA) is 59.1 Å². The van der Waals surface area contributed by atoms with Crippen LogP contribution in [0.15, 0.2) is 36.4 Å². The fraction of sp³-hybridized carbons (Fsp3) is 0.481. The van der Waals surface area contributed by atoms with Gasteiger partial charge in [0, 0.05) is 25.1 Å². The number of benzene rings is 2. The van der Waals surface area contributed by atoms with Crippen molar-refractivity contribution in [1.82, 2.24) is 4.90 Å². The number of ether oxygens (including phenoxy) is 2. The number of methoxy groups -OCH3 is 1. The molecule has 1 aliphatic heterocycles. The van der Waals surface area contributed by atoms with Gasteiger partial charge < -0.3 is 9.47 Å². The van der Waals surface area contributed by atoms with E-state index >= 15 is 0 Å². The molecular weight excluding hydrogens is 568 g/mol. The van der Waals surface area contributed by atoms with E-state index in [1.807, 2.05) is 0 Å². The smallest absolute Gasteiger partial charge is 0.416 e. The van der Waals surface area contributed by atoms with E-state index in [-0.39, 0.29) is 36.8 Å². The van der Waals surface area contributed by atoms with Gasteiger partial charge >= 0.3 is 24.5 Å². The first-order valence-electron chi connectivity index (χ1n) is 12.5. The number of alkyl halides is 8. The number of hydrogen-bond acceptors (Lipinski definition) is 4. The second-order valence-corrected chi connectivity index (χ2v) is 9.56. The molecule has 3 rings (SSSR count). The lowest BCUT2D eigenvalue weighted by molar-refractivity contribution is -0.143. The number of rotatable bonds is 6. The number of fused-ring (bicyclic) bond motifs is 1. The highest BCUT2D eigenvalue weighted by molar-refractivity contribution is 5.90. The molecule has 6 nitrogen and oxygen atoms in total. The molecule has 2 aromatic rings. The number of halogens is 8. The summed E-state index contributed by atoms with van der Waals surface area (Å²) in [5.74, 6) is -3.35. The van der Waals surface area contributed by atoms with Crippen LogP contribution < -0.4 is 4.90 Å². The molecule has 41 heavy (non-hydrogen) atoms. The summed E-state index contributed by atoms with van der Waals surface area (Å²) in [4.78, 5) is 28.0. The number of hydrogen-bond donors (Lipinski definition) is 0. The standard InChI is InChI=1S/C27H28F8N2O4/c1-5-19-13-22(20-12-16(25(3,28)29)7-8-21(20)37(19)24(39)41-6-2)36(23(38)40-4)14-15-9-17(26(30,31)32)11-18(10-15)27(33,34)35/h7-12,19,22H,5-6,13-14H2,1-4H3/t19-,22+/m1/s1. The van der Waals surface area contributed by atoms with Gasteiger partial charge in [0.05, 0.1) is 36.6 Å². The van der Waals surface area contributed by atoms with Crippen LogP contribution in [-0.4, -0.2) is 36.8 Å². The molecule has 1 aliphatic rings. The van der Waals surface area contributed by atoms with Crippen LogP contribution in [0.25, 0.3) is 0 Å². The van der Waals surface area contributed by atoms with E-state index in [1.165, 1.54) is 11.0 Å². The Morgan fingerprint density at radius 2 is 1.51 bits per heavy atom. The highest BCUT2D eigenvalue weighted by Crippen LogP contribution is 2.45. The Morgan fingerprint density at radius 3 is 1.98 bits per heavy atom. The van der Waals surface area contributed by atoms with Gasteiger partial charge in [0.2, 0.25) is 0 Å². The first-order chi connectivity index (χ1) is 18.9. The van der Waals surface area contributed by atoms with Gasteiger partial charge in [-0.25, -0.2) is 18.4 Å². The van der Waals surface area contributed by atoms with Crippen molar-refractivity contribution in [3.05, 3.63) is 64.2 Å². The summed E-state index contributed by atoms with van der Waals surface area (Å²) in [7, 11) is 0.963. The summed E-state index contributed by atoms with van der Waals surface area (Å²) < 4.78 is 120. The number of anilines is 1. The molecule has 0 spiro atoms. The van der Waals surface area contributed by atoms with Gasteiger partial charge in [0.15, 0.2) is 0 Å². The molecular formula is C27H28F8N2O4. The molecule has 2 amide bonds. The van der Waals surface area contributed by atoms with Crippen molar-refractivity contribution in [3.63, 3.8) is 0 Å². The predicted molar refractivity (Wildman–Crippen MR) is 131 cm³/mol. The Balaban J connectivity index is 2.23. The molecule has 0 fully saturated rings. The monoisotopic (exact) mass is 596 g/mol. The van der Waals surface area contributed by atoms with Crippen molar-refractivity contribution in [1.29, 1.82) is 0 Å². The molecule has 226 valence electrons. The van der Waals surface area contributed by atoms with Crippen LogP contribution in [-0.2, 0) is 34.3 Å². The molecule has 14 heteroatoms. The second-order valence-electron chi connectivity index (χ2n) is 9.56. The molecule has 2 atom stereocenters. The largest absolute Gasteiger partial charge is 0.453 e. The van der Waals surface area contributed by atoms with Gasteiger partial charge in [0.25, 0.3) is 5.92 Å². The molecule has 0 aromatic heterocycles. The molecule has 2 aromatic carbocycles. The van der Waals surface area contributed by atoms with E-state index in [2.05, 4.69) is 0 Å². The Kier molecular flexibility index (Phi) is 9.14. The van der Waals surface area contributed by atoms with Crippen molar-refractivity contribution >= 4 is 17.9 Å². The number of carbonyl (C=O) groups excluding carboxylic acids is 2. The maximum absolute atomic E-state index is 14.3.